The Hall–Kier alpha value is -2.30. The maximum atomic E-state index is 10.8. The van der Waals surface area contributed by atoms with Crippen molar-refractivity contribution in [2.45, 2.75) is 19.3 Å². The van der Waals surface area contributed by atoms with Gasteiger partial charge in [0, 0.05) is 19.0 Å². The fraction of sp³-hybridized carbons (Fsp3) is 0.333. The van der Waals surface area contributed by atoms with E-state index < -0.39 is 5.97 Å². The van der Waals surface area contributed by atoms with Gasteiger partial charge in [-0.2, -0.15) is 4.98 Å². The van der Waals surface area contributed by atoms with E-state index in [0.717, 1.165) is 19.5 Å². The van der Waals surface area contributed by atoms with E-state index in [0.29, 0.717) is 11.9 Å². The molecule has 1 unspecified atom stereocenters. The van der Waals surface area contributed by atoms with Crippen LogP contribution in [0.5, 0.6) is 0 Å². The standard InChI is InChI=1S/C15H16N2O3/c1-10-3-2-4-11(7-10)12-5-6-17(8-12)15-16-13(9-20-15)14(18)19/h2-4,7,9,12H,5-6,8H2,1H3,(H,18,19). The molecule has 1 aliphatic rings. The summed E-state index contributed by atoms with van der Waals surface area (Å²) < 4.78 is 5.25. The molecule has 1 atom stereocenters. The summed E-state index contributed by atoms with van der Waals surface area (Å²) in [5, 5.41) is 8.86. The molecule has 3 rings (SSSR count). The Morgan fingerprint density at radius 1 is 1.50 bits per heavy atom. The average molecular weight is 272 g/mol. The predicted molar refractivity (Wildman–Crippen MR) is 74.2 cm³/mol. The summed E-state index contributed by atoms with van der Waals surface area (Å²) in [5.41, 5.74) is 2.53. The highest BCUT2D eigenvalue weighted by atomic mass is 16.4. The smallest absolute Gasteiger partial charge is 0.357 e. The van der Waals surface area contributed by atoms with Crippen LogP contribution in [0.4, 0.5) is 6.01 Å². The zero-order chi connectivity index (χ0) is 14.1. The lowest BCUT2D eigenvalue weighted by molar-refractivity contribution is 0.0690. The SMILES string of the molecule is Cc1cccc(C2CCN(c3nc(C(=O)O)co3)C2)c1. The zero-order valence-electron chi connectivity index (χ0n) is 11.2. The second kappa shape index (κ2) is 5.00. The van der Waals surface area contributed by atoms with E-state index in [1.807, 2.05) is 4.90 Å². The molecule has 1 aromatic heterocycles. The number of anilines is 1. The molecule has 0 bridgehead atoms. The number of aromatic carboxylic acids is 1. The summed E-state index contributed by atoms with van der Waals surface area (Å²) in [6.45, 7) is 3.73. The number of carboxylic acid groups (broad SMARTS) is 1. The number of carbonyl (C=O) groups is 1. The first-order valence-electron chi connectivity index (χ1n) is 6.64. The number of aryl methyl sites for hydroxylation is 1. The Morgan fingerprint density at radius 2 is 2.35 bits per heavy atom. The van der Waals surface area contributed by atoms with Gasteiger partial charge in [-0.3, -0.25) is 0 Å². The van der Waals surface area contributed by atoms with E-state index in [1.54, 1.807) is 0 Å². The van der Waals surface area contributed by atoms with Crippen LogP contribution in [-0.4, -0.2) is 29.1 Å². The van der Waals surface area contributed by atoms with E-state index in [9.17, 15) is 4.79 Å². The first-order chi connectivity index (χ1) is 9.63. The van der Waals surface area contributed by atoms with Gasteiger partial charge >= 0.3 is 5.97 Å². The normalized spacial score (nSPS) is 18.4. The van der Waals surface area contributed by atoms with Crippen LogP contribution in [0.25, 0.3) is 0 Å². The first-order valence-corrected chi connectivity index (χ1v) is 6.64. The minimum absolute atomic E-state index is 0.0426. The Bertz CT molecular complexity index is 636. The van der Waals surface area contributed by atoms with Crippen molar-refractivity contribution < 1.29 is 14.3 Å². The molecule has 20 heavy (non-hydrogen) atoms. The van der Waals surface area contributed by atoms with E-state index in [1.165, 1.54) is 17.4 Å². The third-order valence-electron chi connectivity index (χ3n) is 3.68. The van der Waals surface area contributed by atoms with Crippen LogP contribution < -0.4 is 4.90 Å². The lowest BCUT2D eigenvalue weighted by Crippen LogP contribution is -2.19. The van der Waals surface area contributed by atoms with Gasteiger partial charge in [-0.05, 0) is 18.9 Å². The summed E-state index contributed by atoms with van der Waals surface area (Å²) in [7, 11) is 0. The second-order valence-electron chi connectivity index (χ2n) is 5.17. The van der Waals surface area contributed by atoms with Crippen molar-refractivity contribution in [3.05, 3.63) is 47.3 Å². The number of carboxylic acids is 1. The van der Waals surface area contributed by atoms with Crippen molar-refractivity contribution in [2.75, 3.05) is 18.0 Å². The van der Waals surface area contributed by atoms with E-state index >= 15 is 0 Å². The topological polar surface area (TPSA) is 66.6 Å². The van der Waals surface area contributed by atoms with Gasteiger partial charge in [-0.15, -0.1) is 0 Å². The van der Waals surface area contributed by atoms with Gasteiger partial charge in [0.1, 0.15) is 6.26 Å². The van der Waals surface area contributed by atoms with Gasteiger partial charge in [0.05, 0.1) is 0 Å². The van der Waals surface area contributed by atoms with Crippen LogP contribution in [0.3, 0.4) is 0 Å². The number of nitrogens with zero attached hydrogens (tertiary/aromatic N) is 2. The van der Waals surface area contributed by atoms with Crippen molar-refractivity contribution in [3.8, 4) is 0 Å². The van der Waals surface area contributed by atoms with Gasteiger partial charge in [0.2, 0.25) is 0 Å². The molecule has 1 aliphatic heterocycles. The molecule has 104 valence electrons. The molecule has 2 heterocycles. The number of hydrogen-bond donors (Lipinski definition) is 1. The highest BCUT2D eigenvalue weighted by Crippen LogP contribution is 2.30. The van der Waals surface area contributed by atoms with Crippen LogP contribution >= 0.6 is 0 Å². The third kappa shape index (κ3) is 2.39. The highest BCUT2D eigenvalue weighted by Gasteiger charge is 2.27. The lowest BCUT2D eigenvalue weighted by Gasteiger charge is -2.14. The number of hydrogen-bond acceptors (Lipinski definition) is 4. The minimum atomic E-state index is -1.06. The molecule has 0 saturated carbocycles. The third-order valence-corrected chi connectivity index (χ3v) is 3.68. The van der Waals surface area contributed by atoms with Gasteiger partial charge in [0.15, 0.2) is 5.69 Å². The molecule has 0 radical (unpaired) electrons. The summed E-state index contributed by atoms with van der Waals surface area (Å²) in [4.78, 5) is 16.8. The molecular formula is C15H16N2O3. The average Bonchev–Trinajstić information content (AvgIpc) is 3.08. The molecular weight excluding hydrogens is 256 g/mol. The number of rotatable bonds is 3. The van der Waals surface area contributed by atoms with Crippen LogP contribution in [0.15, 0.2) is 34.9 Å². The van der Waals surface area contributed by atoms with Crippen LogP contribution in [0, 0.1) is 6.92 Å². The molecule has 5 heteroatoms. The largest absolute Gasteiger partial charge is 0.476 e. The van der Waals surface area contributed by atoms with Crippen LogP contribution in [-0.2, 0) is 0 Å². The van der Waals surface area contributed by atoms with Crippen molar-refractivity contribution in [3.63, 3.8) is 0 Å². The second-order valence-corrected chi connectivity index (χ2v) is 5.17. The quantitative estimate of drug-likeness (QED) is 0.930. The molecule has 5 nitrogen and oxygen atoms in total. The van der Waals surface area contributed by atoms with E-state index in [-0.39, 0.29) is 5.69 Å². The fourth-order valence-corrected chi connectivity index (χ4v) is 2.64. The number of oxazole rings is 1. The predicted octanol–water partition coefficient (Wildman–Crippen LogP) is 2.68. The minimum Gasteiger partial charge on any atom is -0.476 e. The van der Waals surface area contributed by atoms with E-state index in [2.05, 4.69) is 36.2 Å². The fourth-order valence-electron chi connectivity index (χ4n) is 2.64. The lowest BCUT2D eigenvalue weighted by atomic mass is 9.97. The molecule has 0 amide bonds. The van der Waals surface area contributed by atoms with Crippen molar-refractivity contribution in [1.82, 2.24) is 4.98 Å². The molecule has 1 N–H and O–H groups in total. The molecule has 1 aromatic carbocycles. The number of benzene rings is 1. The Balaban J connectivity index is 1.74. The van der Waals surface area contributed by atoms with Gasteiger partial charge < -0.3 is 14.4 Å². The Morgan fingerprint density at radius 3 is 3.05 bits per heavy atom. The van der Waals surface area contributed by atoms with Crippen molar-refractivity contribution in [1.29, 1.82) is 0 Å². The van der Waals surface area contributed by atoms with E-state index in [4.69, 9.17) is 9.52 Å². The molecule has 2 aromatic rings. The first kappa shape index (κ1) is 12.7. The maximum absolute atomic E-state index is 10.8. The number of aromatic nitrogens is 1. The zero-order valence-corrected chi connectivity index (χ0v) is 11.2. The summed E-state index contributed by atoms with van der Waals surface area (Å²) in [6.07, 6.45) is 2.21. The van der Waals surface area contributed by atoms with Gasteiger partial charge in [0.25, 0.3) is 6.01 Å². The molecule has 1 fully saturated rings. The Labute approximate surface area is 116 Å². The summed E-state index contributed by atoms with van der Waals surface area (Å²) in [6, 6.07) is 8.90. The van der Waals surface area contributed by atoms with Crippen molar-refractivity contribution >= 4 is 12.0 Å². The van der Waals surface area contributed by atoms with Gasteiger partial charge in [-0.1, -0.05) is 29.8 Å². The molecule has 0 aliphatic carbocycles. The van der Waals surface area contributed by atoms with Gasteiger partial charge in [-0.25, -0.2) is 4.79 Å². The maximum Gasteiger partial charge on any atom is 0.357 e. The summed E-state index contributed by atoms with van der Waals surface area (Å²) in [5.74, 6) is -0.621. The van der Waals surface area contributed by atoms with Crippen LogP contribution in [0.1, 0.15) is 34.0 Å². The Kier molecular flexibility index (Phi) is 3.18. The van der Waals surface area contributed by atoms with Crippen molar-refractivity contribution in [2.24, 2.45) is 0 Å². The highest BCUT2D eigenvalue weighted by molar-refractivity contribution is 5.85. The monoisotopic (exact) mass is 272 g/mol. The molecule has 0 spiro atoms. The van der Waals surface area contributed by atoms with Crippen LogP contribution in [0.2, 0.25) is 0 Å². The summed E-state index contributed by atoms with van der Waals surface area (Å²) >= 11 is 0. The molecule has 1 saturated heterocycles.